The molecule has 25 heavy (non-hydrogen) atoms. The third-order valence-electron chi connectivity index (χ3n) is 4.89. The lowest BCUT2D eigenvalue weighted by Crippen LogP contribution is -2.40. The quantitative estimate of drug-likeness (QED) is 0.830. The van der Waals surface area contributed by atoms with Crippen LogP contribution in [0, 0.1) is 5.92 Å². The van der Waals surface area contributed by atoms with Gasteiger partial charge in [0.15, 0.2) is 5.82 Å². The number of aromatic nitrogens is 3. The Kier molecular flexibility index (Phi) is 4.38. The number of hydrogen-bond acceptors (Lipinski definition) is 6. The van der Waals surface area contributed by atoms with Gasteiger partial charge in [-0.3, -0.25) is 4.79 Å². The van der Waals surface area contributed by atoms with Gasteiger partial charge in [0.25, 0.3) is 5.91 Å². The van der Waals surface area contributed by atoms with Gasteiger partial charge in [0.1, 0.15) is 5.56 Å². The van der Waals surface area contributed by atoms with E-state index in [0.29, 0.717) is 35.7 Å². The van der Waals surface area contributed by atoms with E-state index in [2.05, 4.69) is 15.1 Å². The fraction of sp³-hybridized carbons (Fsp3) is 0.556. The summed E-state index contributed by atoms with van der Waals surface area (Å²) in [6, 6.07) is 3.52. The van der Waals surface area contributed by atoms with Crippen LogP contribution in [0.3, 0.4) is 0 Å². The van der Waals surface area contributed by atoms with Gasteiger partial charge in [-0.25, -0.2) is 4.98 Å². The van der Waals surface area contributed by atoms with Gasteiger partial charge in [0.2, 0.25) is 11.8 Å². The molecule has 1 unspecified atom stereocenters. The van der Waals surface area contributed by atoms with Crippen LogP contribution >= 0.6 is 0 Å². The molecule has 0 N–H and O–H groups in total. The van der Waals surface area contributed by atoms with Crippen molar-refractivity contribution in [2.45, 2.75) is 38.0 Å². The first-order valence-corrected chi connectivity index (χ1v) is 8.85. The highest BCUT2D eigenvalue weighted by Crippen LogP contribution is 2.38. The Bertz CT molecular complexity index is 756. The van der Waals surface area contributed by atoms with Gasteiger partial charge in [-0.1, -0.05) is 5.16 Å². The molecule has 1 saturated heterocycles. The van der Waals surface area contributed by atoms with Crippen molar-refractivity contribution < 1.29 is 14.1 Å². The minimum atomic E-state index is -0.0288. The van der Waals surface area contributed by atoms with Crippen LogP contribution < -0.4 is 4.74 Å². The van der Waals surface area contributed by atoms with Crippen LogP contribution in [0.15, 0.2) is 22.9 Å². The third kappa shape index (κ3) is 3.50. The van der Waals surface area contributed by atoms with Crippen molar-refractivity contribution in [2.24, 2.45) is 5.92 Å². The Morgan fingerprint density at radius 1 is 1.40 bits per heavy atom. The van der Waals surface area contributed by atoms with Gasteiger partial charge >= 0.3 is 0 Å². The summed E-state index contributed by atoms with van der Waals surface area (Å²) in [4.78, 5) is 23.3. The average Bonchev–Trinajstić information content (AvgIpc) is 3.41. The lowest BCUT2D eigenvalue weighted by atomic mass is 9.94. The van der Waals surface area contributed by atoms with E-state index in [1.165, 1.54) is 7.11 Å². The fourth-order valence-corrected chi connectivity index (χ4v) is 3.41. The van der Waals surface area contributed by atoms with Gasteiger partial charge in [-0.05, 0) is 43.7 Å². The summed E-state index contributed by atoms with van der Waals surface area (Å²) in [5.74, 6) is 2.73. The molecule has 0 bridgehead atoms. The van der Waals surface area contributed by atoms with Crippen molar-refractivity contribution in [1.29, 1.82) is 0 Å². The second-order valence-corrected chi connectivity index (χ2v) is 6.84. The molecule has 0 radical (unpaired) electrons. The molecule has 2 fully saturated rings. The summed E-state index contributed by atoms with van der Waals surface area (Å²) >= 11 is 0. The van der Waals surface area contributed by atoms with Gasteiger partial charge in [-0.15, -0.1) is 0 Å². The van der Waals surface area contributed by atoms with Crippen molar-refractivity contribution in [1.82, 2.24) is 20.0 Å². The number of piperidine rings is 1. The molecule has 2 aromatic rings. The van der Waals surface area contributed by atoms with Crippen molar-refractivity contribution in [3.8, 4) is 5.88 Å². The van der Waals surface area contributed by atoms with Crippen LogP contribution in [0.1, 0.15) is 53.7 Å². The van der Waals surface area contributed by atoms with Crippen LogP contribution in [0.25, 0.3) is 0 Å². The van der Waals surface area contributed by atoms with Gasteiger partial charge < -0.3 is 14.2 Å². The maximum Gasteiger partial charge on any atom is 0.259 e. The van der Waals surface area contributed by atoms with E-state index >= 15 is 0 Å². The van der Waals surface area contributed by atoms with Crippen molar-refractivity contribution >= 4 is 5.91 Å². The van der Waals surface area contributed by atoms with E-state index in [4.69, 9.17) is 9.26 Å². The van der Waals surface area contributed by atoms with Crippen LogP contribution in [0.5, 0.6) is 5.88 Å². The normalized spacial score (nSPS) is 20.5. The van der Waals surface area contributed by atoms with Crippen LogP contribution in [-0.2, 0) is 6.42 Å². The van der Waals surface area contributed by atoms with E-state index in [9.17, 15) is 4.79 Å². The topological polar surface area (TPSA) is 81.4 Å². The predicted octanol–water partition coefficient (Wildman–Crippen LogP) is 2.45. The first kappa shape index (κ1) is 16.1. The molecule has 7 nitrogen and oxygen atoms in total. The number of pyridine rings is 1. The van der Waals surface area contributed by atoms with Gasteiger partial charge in [-0.2, -0.15) is 4.98 Å². The van der Waals surface area contributed by atoms with Crippen molar-refractivity contribution in [3.63, 3.8) is 0 Å². The zero-order chi connectivity index (χ0) is 17.2. The smallest absolute Gasteiger partial charge is 0.259 e. The standard InChI is InChI=1S/C18H22N4O3/c1-24-17-14(5-2-8-19-17)18(23)22-9-3-4-12(11-22)10-15-20-16(21-25-15)13-6-7-13/h2,5,8,12-13H,3-4,6-7,9-11H2,1H3. The second-order valence-electron chi connectivity index (χ2n) is 6.84. The van der Waals surface area contributed by atoms with E-state index in [1.54, 1.807) is 18.3 Å². The lowest BCUT2D eigenvalue weighted by molar-refractivity contribution is 0.0664. The number of nitrogens with zero attached hydrogens (tertiary/aromatic N) is 4. The molecular formula is C18H22N4O3. The van der Waals surface area contributed by atoms with Crippen LogP contribution in [-0.4, -0.2) is 46.1 Å². The van der Waals surface area contributed by atoms with Crippen molar-refractivity contribution in [3.05, 3.63) is 35.6 Å². The van der Waals surface area contributed by atoms with E-state index in [-0.39, 0.29) is 5.91 Å². The minimum Gasteiger partial charge on any atom is -0.480 e. The number of hydrogen-bond donors (Lipinski definition) is 0. The first-order chi connectivity index (χ1) is 12.2. The third-order valence-corrected chi connectivity index (χ3v) is 4.89. The summed E-state index contributed by atoms with van der Waals surface area (Å²) in [6.07, 6.45) is 6.72. The Labute approximate surface area is 146 Å². The fourth-order valence-electron chi connectivity index (χ4n) is 3.41. The molecular weight excluding hydrogens is 320 g/mol. The summed E-state index contributed by atoms with van der Waals surface area (Å²) in [5.41, 5.74) is 0.513. The van der Waals surface area contributed by atoms with Gasteiger partial charge in [0.05, 0.1) is 7.11 Å². The second kappa shape index (κ2) is 6.82. The summed E-state index contributed by atoms with van der Waals surface area (Å²) in [6.45, 7) is 1.45. The number of ether oxygens (including phenoxy) is 1. The molecule has 1 amide bonds. The van der Waals surface area contributed by atoms with Crippen LogP contribution in [0.4, 0.5) is 0 Å². The molecule has 2 aliphatic rings. The monoisotopic (exact) mass is 342 g/mol. The van der Waals surface area contributed by atoms with E-state index in [1.807, 2.05) is 4.90 Å². The summed E-state index contributed by atoms with van der Waals surface area (Å²) in [7, 11) is 1.53. The summed E-state index contributed by atoms with van der Waals surface area (Å²) in [5, 5.41) is 4.08. The maximum atomic E-state index is 12.8. The maximum absolute atomic E-state index is 12.8. The number of carbonyl (C=O) groups excluding carboxylic acids is 1. The molecule has 3 heterocycles. The molecule has 1 aliphatic carbocycles. The zero-order valence-electron chi connectivity index (χ0n) is 14.4. The number of likely N-dealkylation sites (tertiary alicyclic amines) is 1. The average molecular weight is 342 g/mol. The first-order valence-electron chi connectivity index (χ1n) is 8.85. The van der Waals surface area contributed by atoms with E-state index < -0.39 is 0 Å². The predicted molar refractivity (Wildman–Crippen MR) is 89.4 cm³/mol. The highest BCUT2D eigenvalue weighted by molar-refractivity contribution is 5.96. The molecule has 4 rings (SSSR count). The number of amides is 1. The molecule has 1 saturated carbocycles. The zero-order valence-corrected chi connectivity index (χ0v) is 14.4. The Hall–Kier alpha value is -2.44. The Morgan fingerprint density at radius 3 is 3.08 bits per heavy atom. The molecule has 1 atom stereocenters. The Morgan fingerprint density at radius 2 is 2.28 bits per heavy atom. The SMILES string of the molecule is COc1ncccc1C(=O)N1CCCC(Cc2nc(C3CC3)no2)C1. The largest absolute Gasteiger partial charge is 0.480 e. The number of carbonyl (C=O) groups is 1. The number of rotatable bonds is 5. The highest BCUT2D eigenvalue weighted by Gasteiger charge is 2.31. The Balaban J connectivity index is 1.42. The molecule has 0 aromatic carbocycles. The molecule has 132 valence electrons. The highest BCUT2D eigenvalue weighted by atomic mass is 16.5. The molecule has 0 spiro atoms. The number of methoxy groups -OCH3 is 1. The summed E-state index contributed by atoms with van der Waals surface area (Å²) < 4.78 is 10.6. The van der Waals surface area contributed by atoms with Crippen LogP contribution in [0.2, 0.25) is 0 Å². The molecule has 1 aliphatic heterocycles. The molecule has 2 aromatic heterocycles. The lowest BCUT2D eigenvalue weighted by Gasteiger charge is -2.32. The molecule has 7 heteroatoms. The van der Waals surface area contributed by atoms with Gasteiger partial charge in [0, 0.05) is 31.6 Å². The van der Waals surface area contributed by atoms with E-state index in [0.717, 1.165) is 44.5 Å². The van der Waals surface area contributed by atoms with Crippen molar-refractivity contribution in [2.75, 3.05) is 20.2 Å². The minimum absolute atomic E-state index is 0.0288.